The maximum atomic E-state index is 12.8. The Balaban J connectivity index is 1.51. The number of nitrogens with zero attached hydrogens (tertiary/aromatic N) is 4. The maximum Gasteiger partial charge on any atom is 0.313 e. The first-order valence-electron chi connectivity index (χ1n) is 8.71. The lowest BCUT2D eigenvalue weighted by Crippen LogP contribution is -2.44. The van der Waals surface area contributed by atoms with Crippen molar-refractivity contribution in [3.05, 3.63) is 18.6 Å². The average Bonchev–Trinajstić information content (AvgIpc) is 3.18. The Morgan fingerprint density at radius 3 is 2.64 bits per heavy atom. The number of likely N-dealkylation sites (tertiary alicyclic amines) is 1. The molecule has 4 rings (SSSR count). The predicted octanol–water partition coefficient (Wildman–Crippen LogP) is 0.253. The van der Waals surface area contributed by atoms with Crippen LogP contribution >= 0.6 is 0 Å². The van der Waals surface area contributed by atoms with Gasteiger partial charge in [-0.05, 0) is 12.8 Å². The highest BCUT2D eigenvalue weighted by atomic mass is 16.5. The van der Waals surface area contributed by atoms with Gasteiger partial charge in [-0.25, -0.2) is 4.98 Å². The predicted molar refractivity (Wildman–Crippen MR) is 87.9 cm³/mol. The Hall–Kier alpha value is -2.22. The van der Waals surface area contributed by atoms with Gasteiger partial charge >= 0.3 is 5.97 Å². The molecule has 0 radical (unpaired) electrons. The largest absolute Gasteiger partial charge is 0.481 e. The lowest BCUT2D eigenvalue weighted by molar-refractivity contribution is -0.149. The number of ether oxygens (including phenoxy) is 1. The van der Waals surface area contributed by atoms with Crippen molar-refractivity contribution in [2.75, 3.05) is 44.3 Å². The third kappa shape index (κ3) is 2.74. The van der Waals surface area contributed by atoms with E-state index in [0.29, 0.717) is 38.7 Å². The third-order valence-corrected chi connectivity index (χ3v) is 5.79. The molecule has 1 aromatic rings. The van der Waals surface area contributed by atoms with Crippen LogP contribution in [0.5, 0.6) is 0 Å². The van der Waals surface area contributed by atoms with Gasteiger partial charge in [0.1, 0.15) is 11.2 Å². The van der Waals surface area contributed by atoms with Crippen molar-refractivity contribution in [3.63, 3.8) is 0 Å². The fourth-order valence-corrected chi connectivity index (χ4v) is 4.37. The Morgan fingerprint density at radius 1 is 1.20 bits per heavy atom. The van der Waals surface area contributed by atoms with Crippen LogP contribution in [0.15, 0.2) is 18.6 Å². The summed E-state index contributed by atoms with van der Waals surface area (Å²) >= 11 is 0. The highest BCUT2D eigenvalue weighted by Crippen LogP contribution is 2.44. The number of amides is 1. The molecule has 3 fully saturated rings. The van der Waals surface area contributed by atoms with Crippen LogP contribution in [0.1, 0.15) is 12.8 Å². The Kier molecular flexibility index (Phi) is 4.07. The normalized spacial score (nSPS) is 29.7. The van der Waals surface area contributed by atoms with Gasteiger partial charge in [-0.2, -0.15) is 0 Å². The van der Waals surface area contributed by atoms with Gasteiger partial charge in [-0.3, -0.25) is 14.6 Å². The highest BCUT2D eigenvalue weighted by Gasteiger charge is 2.59. The van der Waals surface area contributed by atoms with Crippen LogP contribution in [0.4, 0.5) is 5.82 Å². The van der Waals surface area contributed by atoms with E-state index < -0.39 is 11.4 Å². The molecule has 25 heavy (non-hydrogen) atoms. The standard InChI is InChI=1S/C17H22N4O4/c22-15(12-1-5-25-6-2-12)21-9-13-8-20(14-7-18-3-4-19-14)10-17(13,11-21)16(23)24/h3-4,7,12-13H,1-2,5-6,8-11H2,(H,23,24)/t13-,17-/m1/s1. The van der Waals surface area contributed by atoms with Crippen LogP contribution < -0.4 is 4.90 Å². The summed E-state index contributed by atoms with van der Waals surface area (Å²) in [6.07, 6.45) is 6.32. The molecular formula is C17H22N4O4. The van der Waals surface area contributed by atoms with Crippen molar-refractivity contribution in [2.24, 2.45) is 17.3 Å². The number of anilines is 1. The number of aliphatic carboxylic acids is 1. The van der Waals surface area contributed by atoms with Gasteiger partial charge in [0.05, 0.1) is 6.20 Å². The summed E-state index contributed by atoms with van der Waals surface area (Å²) < 4.78 is 5.32. The molecule has 8 heteroatoms. The molecular weight excluding hydrogens is 324 g/mol. The van der Waals surface area contributed by atoms with E-state index in [1.807, 2.05) is 4.90 Å². The maximum absolute atomic E-state index is 12.8. The van der Waals surface area contributed by atoms with Gasteiger partial charge in [0.15, 0.2) is 0 Å². The van der Waals surface area contributed by atoms with E-state index in [4.69, 9.17) is 4.74 Å². The molecule has 134 valence electrons. The van der Waals surface area contributed by atoms with Crippen molar-refractivity contribution >= 4 is 17.7 Å². The second-order valence-corrected chi connectivity index (χ2v) is 7.21. The number of fused-ring (bicyclic) bond motifs is 1. The fraction of sp³-hybridized carbons (Fsp3) is 0.647. The molecule has 1 amide bonds. The van der Waals surface area contributed by atoms with Gasteiger partial charge < -0.3 is 19.6 Å². The molecule has 3 saturated heterocycles. The molecule has 0 aliphatic carbocycles. The fourth-order valence-electron chi connectivity index (χ4n) is 4.37. The van der Waals surface area contributed by atoms with Crippen molar-refractivity contribution in [1.29, 1.82) is 0 Å². The SMILES string of the molecule is O=C(C1CCOCC1)N1C[C@H]2CN(c3cnccn3)C[C@@]2(C(=O)O)C1. The minimum absolute atomic E-state index is 0.0329. The zero-order chi connectivity index (χ0) is 17.4. The number of hydrogen-bond donors (Lipinski definition) is 1. The second-order valence-electron chi connectivity index (χ2n) is 7.21. The first-order valence-corrected chi connectivity index (χ1v) is 8.71. The first kappa shape index (κ1) is 16.3. The van der Waals surface area contributed by atoms with E-state index in [0.717, 1.165) is 12.8 Å². The van der Waals surface area contributed by atoms with Crippen LogP contribution in [0.2, 0.25) is 0 Å². The van der Waals surface area contributed by atoms with Crippen LogP contribution in [-0.2, 0) is 14.3 Å². The monoisotopic (exact) mass is 346 g/mol. The van der Waals surface area contributed by atoms with Gasteiger partial charge in [-0.1, -0.05) is 0 Å². The number of carboxylic acids is 1. The minimum atomic E-state index is -0.918. The van der Waals surface area contributed by atoms with E-state index >= 15 is 0 Å². The molecule has 4 heterocycles. The lowest BCUT2D eigenvalue weighted by atomic mass is 9.81. The zero-order valence-electron chi connectivity index (χ0n) is 14.0. The summed E-state index contributed by atoms with van der Waals surface area (Å²) in [5, 5.41) is 9.93. The molecule has 1 aromatic heterocycles. The number of aromatic nitrogens is 2. The molecule has 2 atom stereocenters. The summed E-state index contributed by atoms with van der Waals surface area (Å²) in [4.78, 5) is 37.0. The molecule has 0 saturated carbocycles. The topological polar surface area (TPSA) is 95.9 Å². The van der Waals surface area contributed by atoms with Crippen molar-refractivity contribution < 1.29 is 19.4 Å². The molecule has 0 bridgehead atoms. The lowest BCUT2D eigenvalue weighted by Gasteiger charge is -2.29. The van der Waals surface area contributed by atoms with Gasteiger partial charge in [0, 0.05) is 63.6 Å². The minimum Gasteiger partial charge on any atom is -0.481 e. The molecule has 0 spiro atoms. The Labute approximate surface area is 145 Å². The van der Waals surface area contributed by atoms with Crippen molar-refractivity contribution in [2.45, 2.75) is 12.8 Å². The quantitative estimate of drug-likeness (QED) is 0.838. The summed E-state index contributed by atoms with van der Waals surface area (Å²) in [5.74, 6) is -0.166. The molecule has 0 unspecified atom stereocenters. The molecule has 8 nitrogen and oxygen atoms in total. The van der Waals surface area contributed by atoms with Crippen LogP contribution in [0.25, 0.3) is 0 Å². The van der Waals surface area contributed by atoms with E-state index in [9.17, 15) is 14.7 Å². The summed E-state index contributed by atoms with van der Waals surface area (Å²) in [6.45, 7) is 2.95. The number of carbonyl (C=O) groups is 2. The number of carbonyl (C=O) groups excluding carboxylic acids is 1. The number of hydrogen-bond acceptors (Lipinski definition) is 6. The van der Waals surface area contributed by atoms with E-state index in [1.165, 1.54) is 0 Å². The summed E-state index contributed by atoms with van der Waals surface area (Å²) in [6, 6.07) is 0. The van der Waals surface area contributed by atoms with E-state index in [2.05, 4.69) is 9.97 Å². The number of rotatable bonds is 3. The van der Waals surface area contributed by atoms with Crippen LogP contribution in [0.3, 0.4) is 0 Å². The van der Waals surface area contributed by atoms with E-state index in [-0.39, 0.29) is 24.3 Å². The Morgan fingerprint density at radius 2 is 2.00 bits per heavy atom. The smallest absolute Gasteiger partial charge is 0.313 e. The van der Waals surface area contributed by atoms with Crippen LogP contribution in [0, 0.1) is 17.3 Å². The van der Waals surface area contributed by atoms with Crippen molar-refractivity contribution in [1.82, 2.24) is 14.9 Å². The van der Waals surface area contributed by atoms with Gasteiger partial charge in [0.2, 0.25) is 5.91 Å². The van der Waals surface area contributed by atoms with E-state index in [1.54, 1.807) is 23.5 Å². The zero-order valence-corrected chi connectivity index (χ0v) is 14.0. The third-order valence-electron chi connectivity index (χ3n) is 5.79. The molecule has 3 aliphatic rings. The van der Waals surface area contributed by atoms with Gasteiger partial charge in [-0.15, -0.1) is 0 Å². The molecule has 0 aromatic carbocycles. The Bertz CT molecular complexity index is 664. The van der Waals surface area contributed by atoms with Crippen molar-refractivity contribution in [3.8, 4) is 0 Å². The van der Waals surface area contributed by atoms with Gasteiger partial charge in [0.25, 0.3) is 0 Å². The van der Waals surface area contributed by atoms with Crippen LogP contribution in [-0.4, -0.2) is 71.2 Å². The second kappa shape index (κ2) is 6.25. The molecule has 1 N–H and O–H groups in total. The summed E-state index contributed by atoms with van der Waals surface area (Å²) in [7, 11) is 0. The molecule has 3 aliphatic heterocycles. The average molecular weight is 346 g/mol. The highest BCUT2D eigenvalue weighted by molar-refractivity contribution is 5.83. The number of carboxylic acid groups (broad SMARTS) is 1. The first-order chi connectivity index (χ1) is 12.1. The summed E-state index contributed by atoms with van der Waals surface area (Å²) in [5.41, 5.74) is -0.918.